The molecule has 0 spiro atoms. The zero-order chi connectivity index (χ0) is 15.6. The Bertz CT molecular complexity index is 666. The summed E-state index contributed by atoms with van der Waals surface area (Å²) >= 11 is 0. The maximum absolute atomic E-state index is 6.09. The second-order valence-corrected chi connectivity index (χ2v) is 6.28. The fourth-order valence-electron chi connectivity index (χ4n) is 3.52. The van der Waals surface area contributed by atoms with Gasteiger partial charge in [-0.1, -0.05) is 12.1 Å². The lowest BCUT2D eigenvalue weighted by Crippen LogP contribution is -2.52. The Morgan fingerprint density at radius 2 is 1.96 bits per heavy atom. The number of aromatic nitrogens is 2. The number of hydrogen-bond donors (Lipinski definition) is 0. The summed E-state index contributed by atoms with van der Waals surface area (Å²) in [6, 6.07) is 11.7. The van der Waals surface area contributed by atoms with E-state index in [1.165, 1.54) is 25.9 Å². The topological polar surface area (TPSA) is 47.5 Å². The van der Waals surface area contributed by atoms with Crippen LogP contribution in [0.1, 0.15) is 12.8 Å². The normalized spacial score (nSPS) is 26.0. The van der Waals surface area contributed by atoms with Crippen molar-refractivity contribution in [3.8, 4) is 22.9 Å². The number of benzene rings is 1. The van der Waals surface area contributed by atoms with Gasteiger partial charge in [-0.05, 0) is 50.0 Å². The van der Waals surface area contributed by atoms with Crippen LogP contribution in [0.15, 0.2) is 36.4 Å². The van der Waals surface area contributed by atoms with Gasteiger partial charge in [-0.3, -0.25) is 4.90 Å². The average Bonchev–Trinajstić information content (AvgIpc) is 2.63. The molecule has 0 amide bonds. The molecule has 5 nitrogen and oxygen atoms in total. The van der Waals surface area contributed by atoms with Gasteiger partial charge in [0.15, 0.2) is 0 Å². The van der Waals surface area contributed by atoms with Crippen molar-refractivity contribution in [3.63, 3.8) is 0 Å². The van der Waals surface area contributed by atoms with Gasteiger partial charge in [0.2, 0.25) is 5.88 Å². The summed E-state index contributed by atoms with van der Waals surface area (Å²) in [6.45, 7) is 3.44. The van der Waals surface area contributed by atoms with E-state index in [0.717, 1.165) is 23.6 Å². The molecule has 3 aliphatic heterocycles. The van der Waals surface area contributed by atoms with E-state index in [1.54, 1.807) is 7.11 Å². The number of rotatable bonds is 4. The Labute approximate surface area is 136 Å². The largest absolute Gasteiger partial charge is 0.497 e. The third kappa shape index (κ3) is 3.01. The quantitative estimate of drug-likeness (QED) is 0.868. The van der Waals surface area contributed by atoms with E-state index < -0.39 is 0 Å². The molecule has 0 saturated carbocycles. The molecule has 2 bridgehead atoms. The molecule has 120 valence electrons. The summed E-state index contributed by atoms with van der Waals surface area (Å²) in [4.78, 5) is 2.47. The fraction of sp³-hybridized carbons (Fsp3) is 0.444. The van der Waals surface area contributed by atoms with Crippen LogP contribution in [0.5, 0.6) is 11.6 Å². The molecule has 0 N–H and O–H groups in total. The highest BCUT2D eigenvalue weighted by atomic mass is 16.5. The highest BCUT2D eigenvalue weighted by Gasteiger charge is 2.35. The summed E-state index contributed by atoms with van der Waals surface area (Å²) < 4.78 is 11.3. The fourth-order valence-corrected chi connectivity index (χ4v) is 3.52. The first-order chi connectivity index (χ1) is 11.3. The van der Waals surface area contributed by atoms with Gasteiger partial charge >= 0.3 is 0 Å². The molecule has 3 fully saturated rings. The minimum absolute atomic E-state index is 0.259. The molecule has 0 aliphatic carbocycles. The second kappa shape index (κ2) is 6.16. The summed E-state index contributed by atoms with van der Waals surface area (Å²) in [5, 5.41) is 8.56. The minimum Gasteiger partial charge on any atom is -0.497 e. The monoisotopic (exact) mass is 311 g/mol. The lowest BCUT2D eigenvalue weighted by atomic mass is 9.86. The number of hydrogen-bond acceptors (Lipinski definition) is 5. The van der Waals surface area contributed by atoms with Crippen LogP contribution in [0.3, 0.4) is 0 Å². The van der Waals surface area contributed by atoms with Crippen molar-refractivity contribution in [3.05, 3.63) is 36.4 Å². The van der Waals surface area contributed by atoms with Crippen molar-refractivity contribution >= 4 is 0 Å². The van der Waals surface area contributed by atoms with Crippen molar-refractivity contribution in [2.45, 2.75) is 18.9 Å². The van der Waals surface area contributed by atoms with Crippen molar-refractivity contribution in [2.75, 3.05) is 26.7 Å². The van der Waals surface area contributed by atoms with Gasteiger partial charge in [0, 0.05) is 18.2 Å². The summed E-state index contributed by atoms with van der Waals surface area (Å²) in [5.41, 5.74) is 1.82. The lowest BCUT2D eigenvalue weighted by molar-refractivity contribution is -0.0103. The van der Waals surface area contributed by atoms with Crippen LogP contribution in [0.25, 0.3) is 11.3 Å². The number of piperidine rings is 3. The van der Waals surface area contributed by atoms with Crippen LogP contribution in [-0.2, 0) is 0 Å². The Kier molecular flexibility index (Phi) is 3.87. The molecular weight excluding hydrogens is 290 g/mol. The van der Waals surface area contributed by atoms with Gasteiger partial charge in [0.25, 0.3) is 0 Å². The molecule has 1 aromatic heterocycles. The maximum atomic E-state index is 6.09. The highest BCUT2D eigenvalue weighted by Crippen LogP contribution is 2.30. The molecule has 1 atom stereocenters. The average molecular weight is 311 g/mol. The van der Waals surface area contributed by atoms with Crippen molar-refractivity contribution in [2.24, 2.45) is 5.92 Å². The summed E-state index contributed by atoms with van der Waals surface area (Å²) in [5.74, 6) is 2.10. The first-order valence-corrected chi connectivity index (χ1v) is 8.19. The lowest BCUT2D eigenvalue weighted by Gasteiger charge is -2.44. The number of methoxy groups -OCH3 is 1. The van der Waals surface area contributed by atoms with Crippen LogP contribution in [0.2, 0.25) is 0 Å². The van der Waals surface area contributed by atoms with E-state index in [-0.39, 0.29) is 6.10 Å². The van der Waals surface area contributed by atoms with Crippen LogP contribution in [0, 0.1) is 5.92 Å². The van der Waals surface area contributed by atoms with E-state index in [0.29, 0.717) is 11.8 Å². The van der Waals surface area contributed by atoms with Crippen LogP contribution < -0.4 is 9.47 Å². The van der Waals surface area contributed by atoms with Gasteiger partial charge in [-0.25, -0.2) is 0 Å². The highest BCUT2D eigenvalue weighted by molar-refractivity contribution is 5.60. The number of ether oxygens (including phenoxy) is 2. The Morgan fingerprint density at radius 1 is 1.09 bits per heavy atom. The Balaban J connectivity index is 1.47. The molecule has 1 unspecified atom stereocenters. The van der Waals surface area contributed by atoms with E-state index in [4.69, 9.17) is 9.47 Å². The molecule has 0 radical (unpaired) electrons. The molecule has 4 heterocycles. The van der Waals surface area contributed by atoms with Crippen LogP contribution >= 0.6 is 0 Å². The van der Waals surface area contributed by atoms with E-state index in [2.05, 4.69) is 15.1 Å². The van der Waals surface area contributed by atoms with E-state index in [9.17, 15) is 0 Å². The van der Waals surface area contributed by atoms with Gasteiger partial charge in [0.05, 0.1) is 12.8 Å². The summed E-state index contributed by atoms with van der Waals surface area (Å²) in [6.07, 6.45) is 2.73. The molecule has 23 heavy (non-hydrogen) atoms. The van der Waals surface area contributed by atoms with Gasteiger partial charge in [-0.15, -0.1) is 10.2 Å². The van der Waals surface area contributed by atoms with E-state index >= 15 is 0 Å². The third-order valence-corrected chi connectivity index (χ3v) is 4.87. The van der Waals surface area contributed by atoms with Crippen LogP contribution in [-0.4, -0.2) is 47.9 Å². The van der Waals surface area contributed by atoms with Gasteiger partial charge < -0.3 is 9.47 Å². The molecular formula is C18H21N3O2. The molecule has 3 saturated heterocycles. The molecule has 1 aromatic carbocycles. The first kappa shape index (κ1) is 14.5. The third-order valence-electron chi connectivity index (χ3n) is 4.87. The van der Waals surface area contributed by atoms with Crippen LogP contribution in [0.4, 0.5) is 0 Å². The van der Waals surface area contributed by atoms with E-state index in [1.807, 2.05) is 36.4 Å². The Hall–Kier alpha value is -2.14. The molecule has 2 aromatic rings. The second-order valence-electron chi connectivity index (χ2n) is 6.28. The standard InChI is InChI=1S/C18H21N3O2/c1-22-15-4-2-3-14(11-15)16-5-6-18(20-19-16)23-17-12-21-9-7-13(17)8-10-21/h2-6,11,13,17H,7-10,12H2,1H3. The summed E-state index contributed by atoms with van der Waals surface area (Å²) in [7, 11) is 1.66. The number of fused-ring (bicyclic) bond motifs is 3. The minimum atomic E-state index is 0.259. The van der Waals surface area contributed by atoms with Gasteiger partial charge in [-0.2, -0.15) is 0 Å². The zero-order valence-electron chi connectivity index (χ0n) is 13.3. The van der Waals surface area contributed by atoms with Crippen molar-refractivity contribution in [1.82, 2.24) is 15.1 Å². The van der Waals surface area contributed by atoms with Crippen molar-refractivity contribution < 1.29 is 9.47 Å². The molecule has 3 aliphatic rings. The first-order valence-electron chi connectivity index (χ1n) is 8.19. The number of nitrogens with zero attached hydrogens (tertiary/aromatic N) is 3. The zero-order valence-corrected chi connectivity index (χ0v) is 13.3. The Morgan fingerprint density at radius 3 is 2.61 bits per heavy atom. The van der Waals surface area contributed by atoms with Crippen molar-refractivity contribution in [1.29, 1.82) is 0 Å². The molecule has 5 heteroatoms. The predicted molar refractivity (Wildman–Crippen MR) is 87.6 cm³/mol. The van der Waals surface area contributed by atoms with Gasteiger partial charge in [0.1, 0.15) is 11.9 Å². The predicted octanol–water partition coefficient (Wildman–Crippen LogP) is 2.63. The SMILES string of the molecule is COc1cccc(-c2ccc(OC3CN4CCC3CC4)nn2)c1. The smallest absolute Gasteiger partial charge is 0.233 e. The molecule has 5 rings (SSSR count). The maximum Gasteiger partial charge on any atom is 0.233 e.